The van der Waals surface area contributed by atoms with Crippen LogP contribution in [0, 0.1) is 0 Å². The van der Waals surface area contributed by atoms with E-state index in [4.69, 9.17) is 10.5 Å². The van der Waals surface area contributed by atoms with Crippen LogP contribution in [0.15, 0.2) is 24.3 Å². The molecule has 1 saturated heterocycles. The molecule has 0 spiro atoms. The quantitative estimate of drug-likeness (QED) is 0.787. The molecule has 1 fully saturated rings. The Morgan fingerprint density at radius 1 is 1.38 bits per heavy atom. The molecule has 1 heterocycles. The van der Waals surface area contributed by atoms with Gasteiger partial charge >= 0.3 is 0 Å². The van der Waals surface area contributed by atoms with Crippen LogP contribution in [-0.2, 0) is 11.3 Å². The number of ether oxygens (including phenoxy) is 1. The standard InChI is InChI=1S/C13H20N2O/c1-16-10-13-3-2-8-15(13)9-11-4-6-12(14)7-5-11/h4-7,13H,2-3,8-10,14H2,1H3/t13-/m1/s1. The molecule has 0 unspecified atom stereocenters. The Labute approximate surface area is 97.2 Å². The number of nitrogens with two attached hydrogens (primary N) is 1. The lowest BCUT2D eigenvalue weighted by atomic mass is 10.2. The maximum absolute atomic E-state index is 5.68. The number of hydrogen-bond acceptors (Lipinski definition) is 3. The Kier molecular flexibility index (Phi) is 3.80. The summed E-state index contributed by atoms with van der Waals surface area (Å²) in [7, 11) is 1.78. The summed E-state index contributed by atoms with van der Waals surface area (Å²) < 4.78 is 5.25. The van der Waals surface area contributed by atoms with E-state index in [-0.39, 0.29) is 0 Å². The number of rotatable bonds is 4. The molecule has 2 rings (SSSR count). The van der Waals surface area contributed by atoms with Crippen LogP contribution in [0.5, 0.6) is 0 Å². The van der Waals surface area contributed by atoms with Crippen LogP contribution in [0.25, 0.3) is 0 Å². The second-order valence-corrected chi connectivity index (χ2v) is 4.46. The number of likely N-dealkylation sites (tertiary alicyclic amines) is 1. The summed E-state index contributed by atoms with van der Waals surface area (Å²) in [5.74, 6) is 0. The van der Waals surface area contributed by atoms with Crippen molar-refractivity contribution in [3.8, 4) is 0 Å². The van der Waals surface area contributed by atoms with Crippen LogP contribution in [0.1, 0.15) is 18.4 Å². The monoisotopic (exact) mass is 220 g/mol. The minimum absolute atomic E-state index is 0.586. The van der Waals surface area contributed by atoms with Crippen LogP contribution in [-0.4, -0.2) is 31.2 Å². The zero-order chi connectivity index (χ0) is 11.4. The molecule has 16 heavy (non-hydrogen) atoms. The maximum atomic E-state index is 5.68. The van der Waals surface area contributed by atoms with Crippen LogP contribution < -0.4 is 5.73 Å². The van der Waals surface area contributed by atoms with E-state index in [1.54, 1.807) is 7.11 Å². The fourth-order valence-corrected chi connectivity index (χ4v) is 2.34. The molecule has 1 aromatic carbocycles. The summed E-state index contributed by atoms with van der Waals surface area (Å²) in [5.41, 5.74) is 7.84. The molecule has 2 N–H and O–H groups in total. The number of nitrogen functional groups attached to an aromatic ring is 1. The van der Waals surface area contributed by atoms with E-state index in [9.17, 15) is 0 Å². The van der Waals surface area contributed by atoms with Crippen molar-refractivity contribution >= 4 is 5.69 Å². The maximum Gasteiger partial charge on any atom is 0.0618 e. The summed E-state index contributed by atoms with van der Waals surface area (Å²) in [5, 5.41) is 0. The van der Waals surface area contributed by atoms with Crippen molar-refractivity contribution in [2.45, 2.75) is 25.4 Å². The highest BCUT2D eigenvalue weighted by Gasteiger charge is 2.23. The van der Waals surface area contributed by atoms with E-state index in [1.807, 2.05) is 12.1 Å². The van der Waals surface area contributed by atoms with Gasteiger partial charge in [0.05, 0.1) is 6.61 Å². The average Bonchev–Trinajstić information content (AvgIpc) is 2.70. The van der Waals surface area contributed by atoms with E-state index in [1.165, 1.54) is 24.9 Å². The van der Waals surface area contributed by atoms with Crippen molar-refractivity contribution in [1.82, 2.24) is 4.90 Å². The van der Waals surface area contributed by atoms with E-state index < -0.39 is 0 Å². The smallest absolute Gasteiger partial charge is 0.0618 e. The normalized spacial score (nSPS) is 21.4. The van der Waals surface area contributed by atoms with Gasteiger partial charge in [-0.2, -0.15) is 0 Å². The first kappa shape index (κ1) is 11.4. The Morgan fingerprint density at radius 3 is 2.81 bits per heavy atom. The third-order valence-corrected chi connectivity index (χ3v) is 3.22. The number of benzene rings is 1. The van der Waals surface area contributed by atoms with Crippen molar-refractivity contribution < 1.29 is 4.74 Å². The molecular formula is C13H20N2O. The Hall–Kier alpha value is -1.06. The van der Waals surface area contributed by atoms with Gasteiger partial charge < -0.3 is 10.5 Å². The molecule has 3 nitrogen and oxygen atoms in total. The largest absolute Gasteiger partial charge is 0.399 e. The average molecular weight is 220 g/mol. The number of methoxy groups -OCH3 is 1. The molecule has 0 radical (unpaired) electrons. The second-order valence-electron chi connectivity index (χ2n) is 4.46. The zero-order valence-electron chi connectivity index (χ0n) is 9.86. The molecule has 0 bridgehead atoms. The molecule has 0 amide bonds. The highest BCUT2D eigenvalue weighted by atomic mass is 16.5. The van der Waals surface area contributed by atoms with E-state index in [0.717, 1.165) is 18.8 Å². The lowest BCUT2D eigenvalue weighted by Crippen LogP contribution is -2.32. The Bertz CT molecular complexity index is 323. The van der Waals surface area contributed by atoms with Gasteiger partial charge in [0.1, 0.15) is 0 Å². The van der Waals surface area contributed by atoms with Crippen LogP contribution in [0.2, 0.25) is 0 Å². The van der Waals surface area contributed by atoms with Gasteiger partial charge in [0.15, 0.2) is 0 Å². The predicted octanol–water partition coefficient (Wildman–Crippen LogP) is 1.88. The summed E-state index contributed by atoms with van der Waals surface area (Å²) in [4.78, 5) is 2.50. The van der Waals surface area contributed by atoms with Crippen molar-refractivity contribution in [1.29, 1.82) is 0 Å². The first-order valence-corrected chi connectivity index (χ1v) is 5.87. The highest BCUT2D eigenvalue weighted by Crippen LogP contribution is 2.20. The molecule has 3 heteroatoms. The predicted molar refractivity (Wildman–Crippen MR) is 66.2 cm³/mol. The third-order valence-electron chi connectivity index (χ3n) is 3.22. The van der Waals surface area contributed by atoms with Crippen LogP contribution in [0.4, 0.5) is 5.69 Å². The van der Waals surface area contributed by atoms with Crippen LogP contribution in [0.3, 0.4) is 0 Å². The summed E-state index contributed by atoms with van der Waals surface area (Å²) >= 11 is 0. The molecule has 1 atom stereocenters. The molecule has 1 aliphatic rings. The molecule has 0 aliphatic carbocycles. The van der Waals surface area contributed by atoms with Gasteiger partial charge in [-0.15, -0.1) is 0 Å². The second kappa shape index (κ2) is 5.32. The number of hydrogen-bond donors (Lipinski definition) is 1. The Balaban J connectivity index is 1.95. The summed E-state index contributed by atoms with van der Waals surface area (Å²) in [6, 6.07) is 8.74. The third kappa shape index (κ3) is 2.74. The van der Waals surface area contributed by atoms with Gasteiger partial charge in [-0.05, 0) is 37.1 Å². The SMILES string of the molecule is COC[C@H]1CCCN1Cc1ccc(N)cc1. The number of nitrogens with zero attached hydrogens (tertiary/aromatic N) is 1. The van der Waals surface area contributed by atoms with Crippen molar-refractivity contribution in [3.05, 3.63) is 29.8 Å². The molecule has 0 aromatic heterocycles. The minimum atomic E-state index is 0.586. The number of anilines is 1. The lowest BCUT2D eigenvalue weighted by molar-refractivity contribution is 0.112. The lowest BCUT2D eigenvalue weighted by Gasteiger charge is -2.23. The van der Waals surface area contributed by atoms with Gasteiger partial charge in [-0.1, -0.05) is 12.1 Å². The van der Waals surface area contributed by atoms with Gasteiger partial charge in [-0.25, -0.2) is 0 Å². The van der Waals surface area contributed by atoms with Gasteiger partial charge in [0, 0.05) is 25.4 Å². The van der Waals surface area contributed by atoms with E-state index in [2.05, 4.69) is 17.0 Å². The van der Waals surface area contributed by atoms with Gasteiger partial charge in [0.25, 0.3) is 0 Å². The molecule has 0 saturated carbocycles. The first-order valence-electron chi connectivity index (χ1n) is 5.87. The molecule has 88 valence electrons. The molecule has 1 aromatic rings. The van der Waals surface area contributed by atoms with Crippen LogP contribution >= 0.6 is 0 Å². The van der Waals surface area contributed by atoms with Gasteiger partial charge in [0.2, 0.25) is 0 Å². The van der Waals surface area contributed by atoms with Crippen molar-refractivity contribution in [2.75, 3.05) is 26.0 Å². The zero-order valence-corrected chi connectivity index (χ0v) is 9.86. The van der Waals surface area contributed by atoms with Crippen molar-refractivity contribution in [2.24, 2.45) is 0 Å². The topological polar surface area (TPSA) is 38.5 Å². The molecular weight excluding hydrogens is 200 g/mol. The fourth-order valence-electron chi connectivity index (χ4n) is 2.34. The van der Waals surface area contributed by atoms with Crippen molar-refractivity contribution in [3.63, 3.8) is 0 Å². The summed E-state index contributed by atoms with van der Waals surface area (Å²) in [6.07, 6.45) is 2.53. The first-order chi connectivity index (χ1) is 7.79. The fraction of sp³-hybridized carbons (Fsp3) is 0.538. The minimum Gasteiger partial charge on any atom is -0.399 e. The van der Waals surface area contributed by atoms with E-state index >= 15 is 0 Å². The molecule has 1 aliphatic heterocycles. The van der Waals surface area contributed by atoms with Gasteiger partial charge in [-0.3, -0.25) is 4.90 Å². The van der Waals surface area contributed by atoms with E-state index in [0.29, 0.717) is 6.04 Å². The summed E-state index contributed by atoms with van der Waals surface area (Å²) in [6.45, 7) is 3.03. The highest BCUT2D eigenvalue weighted by molar-refractivity contribution is 5.39. The Morgan fingerprint density at radius 2 is 2.12 bits per heavy atom.